The molecule has 0 spiro atoms. The lowest BCUT2D eigenvalue weighted by Gasteiger charge is -2.26. The summed E-state index contributed by atoms with van der Waals surface area (Å²) < 4.78 is 0. The number of benzene rings is 1. The molecule has 3 aromatic rings. The minimum absolute atomic E-state index is 0.129. The molecule has 0 unspecified atom stereocenters. The third-order valence-corrected chi connectivity index (χ3v) is 6.45. The van der Waals surface area contributed by atoms with Crippen molar-refractivity contribution >= 4 is 29.3 Å². The fourth-order valence-corrected chi connectivity index (χ4v) is 4.39. The molecule has 1 aliphatic heterocycles. The Kier molecular flexibility index (Phi) is 9.47. The molecular formula is C28H36N8O2. The molecule has 4 rings (SSSR count). The average molecular weight is 517 g/mol. The van der Waals surface area contributed by atoms with Crippen LogP contribution in [-0.4, -0.2) is 59.5 Å². The van der Waals surface area contributed by atoms with Crippen LogP contribution in [-0.2, 0) is 6.54 Å². The van der Waals surface area contributed by atoms with Gasteiger partial charge in [-0.1, -0.05) is 24.6 Å². The smallest absolute Gasteiger partial charge is 0.319 e. The second kappa shape index (κ2) is 13.4. The maximum atomic E-state index is 12.9. The highest BCUT2D eigenvalue weighted by Crippen LogP contribution is 2.24. The number of piperidine rings is 1. The number of nitrogen functional groups attached to an aromatic ring is 1. The molecule has 1 fully saturated rings. The fraction of sp³-hybridized carbons (Fsp3) is 0.357. The van der Waals surface area contributed by atoms with Gasteiger partial charge >= 0.3 is 6.03 Å². The summed E-state index contributed by atoms with van der Waals surface area (Å²) in [6, 6.07) is 14.3. The number of rotatable bonds is 10. The summed E-state index contributed by atoms with van der Waals surface area (Å²) in [4.78, 5) is 36.3. The zero-order valence-corrected chi connectivity index (χ0v) is 21.8. The van der Waals surface area contributed by atoms with Crippen molar-refractivity contribution < 1.29 is 9.59 Å². The Bertz CT molecular complexity index is 1230. The molecule has 1 saturated heterocycles. The van der Waals surface area contributed by atoms with Crippen LogP contribution in [0.1, 0.15) is 42.1 Å². The highest BCUT2D eigenvalue weighted by molar-refractivity contribution is 5.99. The van der Waals surface area contributed by atoms with E-state index in [1.54, 1.807) is 18.3 Å². The number of urea groups is 1. The van der Waals surface area contributed by atoms with Gasteiger partial charge in [0, 0.05) is 49.2 Å². The number of aromatic nitrogens is 2. The van der Waals surface area contributed by atoms with Crippen molar-refractivity contribution in [3.05, 3.63) is 65.9 Å². The molecule has 3 amide bonds. The number of carbonyl (C=O) groups excluding carboxylic acids is 2. The van der Waals surface area contributed by atoms with Gasteiger partial charge in [0.05, 0.1) is 11.3 Å². The van der Waals surface area contributed by atoms with Gasteiger partial charge in [0.2, 0.25) is 0 Å². The second-order valence-electron chi connectivity index (χ2n) is 9.21. The third kappa shape index (κ3) is 7.42. The predicted octanol–water partition coefficient (Wildman–Crippen LogP) is 3.70. The SMILES string of the molecule is CCNc1nc(-c2ccc(NC(=O)NCc3cccnc3N)cc2)ccc1C(=O)NCCN1CCCCC1. The summed E-state index contributed by atoms with van der Waals surface area (Å²) in [5.41, 5.74) is 9.34. The summed E-state index contributed by atoms with van der Waals surface area (Å²) in [5, 5.41) is 11.8. The van der Waals surface area contributed by atoms with Crippen LogP contribution in [0.2, 0.25) is 0 Å². The molecule has 2 aromatic heterocycles. The van der Waals surface area contributed by atoms with Crippen LogP contribution in [0.25, 0.3) is 11.3 Å². The molecule has 0 bridgehead atoms. The topological polar surface area (TPSA) is 137 Å². The minimum atomic E-state index is -0.343. The summed E-state index contributed by atoms with van der Waals surface area (Å²) in [7, 11) is 0. The molecule has 0 aliphatic carbocycles. The van der Waals surface area contributed by atoms with Crippen molar-refractivity contribution in [3.63, 3.8) is 0 Å². The molecule has 0 atom stereocenters. The Morgan fingerprint density at radius 2 is 1.79 bits per heavy atom. The lowest BCUT2D eigenvalue weighted by Crippen LogP contribution is -2.37. The normalized spacial score (nSPS) is 13.5. The third-order valence-electron chi connectivity index (χ3n) is 6.45. The van der Waals surface area contributed by atoms with Crippen molar-refractivity contribution in [2.75, 3.05) is 49.1 Å². The maximum absolute atomic E-state index is 12.9. The Morgan fingerprint density at radius 3 is 2.53 bits per heavy atom. The number of hydrogen-bond donors (Lipinski definition) is 5. The van der Waals surface area contributed by atoms with E-state index in [0.717, 1.165) is 36.5 Å². The van der Waals surface area contributed by atoms with Gasteiger partial charge in [-0.15, -0.1) is 0 Å². The monoisotopic (exact) mass is 516 g/mol. The maximum Gasteiger partial charge on any atom is 0.319 e. The average Bonchev–Trinajstić information content (AvgIpc) is 2.94. The number of pyridine rings is 2. The molecule has 200 valence electrons. The highest BCUT2D eigenvalue weighted by atomic mass is 16.2. The Labute approximate surface area is 223 Å². The van der Waals surface area contributed by atoms with E-state index in [-0.39, 0.29) is 18.5 Å². The lowest BCUT2D eigenvalue weighted by molar-refractivity contribution is 0.0947. The molecule has 6 N–H and O–H groups in total. The van der Waals surface area contributed by atoms with E-state index in [1.807, 2.05) is 43.3 Å². The summed E-state index contributed by atoms with van der Waals surface area (Å²) in [5.74, 6) is 0.815. The Morgan fingerprint density at radius 1 is 1.00 bits per heavy atom. The number of nitrogens with two attached hydrogens (primary N) is 1. The Hall–Kier alpha value is -4.18. The number of anilines is 3. The molecule has 10 heteroatoms. The molecule has 38 heavy (non-hydrogen) atoms. The van der Waals surface area contributed by atoms with E-state index in [2.05, 4.69) is 31.2 Å². The number of nitrogens with one attached hydrogen (secondary N) is 4. The first-order valence-corrected chi connectivity index (χ1v) is 13.1. The van der Waals surface area contributed by atoms with Crippen LogP contribution in [0.5, 0.6) is 0 Å². The molecule has 0 radical (unpaired) electrons. The standard InChI is InChI=1S/C28H36N8O2/c1-2-30-26-23(27(37)32-15-18-36-16-4-3-5-17-36)12-13-24(35-26)20-8-10-22(11-9-20)34-28(38)33-19-21-7-6-14-31-25(21)29/h6-14H,2-5,15-19H2,1H3,(H2,29,31)(H,30,35)(H,32,37)(H2,33,34,38). The van der Waals surface area contributed by atoms with Gasteiger partial charge in [-0.05, 0) is 63.2 Å². The first-order valence-electron chi connectivity index (χ1n) is 13.1. The van der Waals surface area contributed by atoms with E-state index in [1.165, 1.54) is 19.3 Å². The molecule has 10 nitrogen and oxygen atoms in total. The number of likely N-dealkylation sites (tertiary alicyclic amines) is 1. The molecule has 3 heterocycles. The van der Waals surface area contributed by atoms with Gasteiger partial charge in [-0.25, -0.2) is 14.8 Å². The van der Waals surface area contributed by atoms with E-state index in [9.17, 15) is 9.59 Å². The predicted molar refractivity (Wildman–Crippen MR) is 151 cm³/mol. The van der Waals surface area contributed by atoms with Gasteiger partial charge in [-0.3, -0.25) is 4.79 Å². The van der Waals surface area contributed by atoms with E-state index < -0.39 is 0 Å². The van der Waals surface area contributed by atoms with Crippen molar-refractivity contribution in [2.24, 2.45) is 0 Å². The van der Waals surface area contributed by atoms with Gasteiger partial charge in [0.15, 0.2) is 0 Å². The van der Waals surface area contributed by atoms with E-state index in [0.29, 0.717) is 36.0 Å². The van der Waals surface area contributed by atoms with Crippen molar-refractivity contribution in [3.8, 4) is 11.3 Å². The number of amides is 3. The molecular weight excluding hydrogens is 480 g/mol. The number of carbonyl (C=O) groups is 2. The summed E-state index contributed by atoms with van der Waals surface area (Å²) >= 11 is 0. The van der Waals surface area contributed by atoms with Crippen LogP contribution < -0.4 is 27.0 Å². The van der Waals surface area contributed by atoms with Crippen LogP contribution >= 0.6 is 0 Å². The zero-order valence-electron chi connectivity index (χ0n) is 21.8. The largest absolute Gasteiger partial charge is 0.383 e. The van der Waals surface area contributed by atoms with Crippen molar-refractivity contribution in [2.45, 2.75) is 32.7 Å². The molecule has 1 aromatic carbocycles. The first kappa shape index (κ1) is 26.9. The van der Waals surface area contributed by atoms with Crippen LogP contribution in [0, 0.1) is 0 Å². The van der Waals surface area contributed by atoms with Gasteiger partial charge in [-0.2, -0.15) is 0 Å². The lowest BCUT2D eigenvalue weighted by atomic mass is 10.1. The van der Waals surface area contributed by atoms with Crippen LogP contribution in [0.15, 0.2) is 54.7 Å². The molecule has 1 aliphatic rings. The quantitative estimate of drug-likeness (QED) is 0.277. The van der Waals surface area contributed by atoms with E-state index in [4.69, 9.17) is 10.7 Å². The number of hydrogen-bond acceptors (Lipinski definition) is 7. The Balaban J connectivity index is 1.34. The van der Waals surface area contributed by atoms with E-state index >= 15 is 0 Å². The van der Waals surface area contributed by atoms with Crippen molar-refractivity contribution in [1.82, 2.24) is 25.5 Å². The fourth-order valence-electron chi connectivity index (χ4n) is 4.39. The van der Waals surface area contributed by atoms with Crippen LogP contribution in [0.3, 0.4) is 0 Å². The minimum Gasteiger partial charge on any atom is -0.383 e. The van der Waals surface area contributed by atoms with Gasteiger partial charge < -0.3 is 31.9 Å². The second-order valence-corrected chi connectivity index (χ2v) is 9.21. The van der Waals surface area contributed by atoms with Crippen molar-refractivity contribution in [1.29, 1.82) is 0 Å². The number of nitrogens with zero attached hydrogens (tertiary/aromatic N) is 3. The summed E-state index contributed by atoms with van der Waals surface area (Å²) in [6.45, 7) is 6.59. The molecule has 0 saturated carbocycles. The first-order chi connectivity index (χ1) is 18.5. The van der Waals surface area contributed by atoms with Crippen LogP contribution in [0.4, 0.5) is 22.1 Å². The zero-order chi connectivity index (χ0) is 26.7. The van der Waals surface area contributed by atoms with Gasteiger partial charge in [0.25, 0.3) is 5.91 Å². The summed E-state index contributed by atoms with van der Waals surface area (Å²) in [6.07, 6.45) is 5.37. The van der Waals surface area contributed by atoms with Gasteiger partial charge in [0.1, 0.15) is 11.6 Å². The highest BCUT2D eigenvalue weighted by Gasteiger charge is 2.15.